The van der Waals surface area contributed by atoms with Gasteiger partial charge in [-0.05, 0) is 31.4 Å². The van der Waals surface area contributed by atoms with Gasteiger partial charge in [0.2, 0.25) is 0 Å². The molecule has 1 aliphatic rings. The van der Waals surface area contributed by atoms with Gasteiger partial charge in [-0.25, -0.2) is 4.79 Å². The number of aryl methyl sites for hydroxylation is 1. The standard InChI is InChI=1S/C18H21NO3/c1-4-22-18(21)16(19(2)3)12-11-14-10-9-13-7-5-6-8-15(13)17(14)20/h5-8,11-12H,4,9-10H2,1-3H3/b14-11+,16-12-. The van der Waals surface area contributed by atoms with Crippen LogP contribution in [0.5, 0.6) is 0 Å². The molecule has 1 aromatic carbocycles. The quantitative estimate of drug-likeness (QED) is 0.633. The Kier molecular flexibility index (Phi) is 5.15. The van der Waals surface area contributed by atoms with Crippen LogP contribution in [0.3, 0.4) is 0 Å². The van der Waals surface area contributed by atoms with Gasteiger partial charge < -0.3 is 9.64 Å². The minimum atomic E-state index is -0.381. The first-order valence-electron chi connectivity index (χ1n) is 7.42. The molecular formula is C18H21NO3. The lowest BCUT2D eigenvalue weighted by atomic mass is 9.87. The molecule has 0 N–H and O–H groups in total. The number of rotatable bonds is 4. The average Bonchev–Trinajstić information content (AvgIpc) is 2.50. The largest absolute Gasteiger partial charge is 0.461 e. The molecule has 0 aliphatic heterocycles. The summed E-state index contributed by atoms with van der Waals surface area (Å²) in [5, 5.41) is 0. The normalized spacial score (nSPS) is 16.4. The monoisotopic (exact) mass is 299 g/mol. The summed E-state index contributed by atoms with van der Waals surface area (Å²) in [6, 6.07) is 7.67. The second-order valence-corrected chi connectivity index (χ2v) is 5.34. The van der Waals surface area contributed by atoms with Crippen LogP contribution >= 0.6 is 0 Å². The molecule has 0 unspecified atom stereocenters. The lowest BCUT2D eigenvalue weighted by molar-refractivity contribution is -0.140. The number of carbonyl (C=O) groups excluding carboxylic acids is 2. The van der Waals surface area contributed by atoms with Crippen molar-refractivity contribution in [2.24, 2.45) is 0 Å². The molecule has 0 fully saturated rings. The first kappa shape index (κ1) is 16.0. The smallest absolute Gasteiger partial charge is 0.354 e. The fourth-order valence-corrected chi connectivity index (χ4v) is 2.46. The highest BCUT2D eigenvalue weighted by atomic mass is 16.5. The van der Waals surface area contributed by atoms with E-state index in [4.69, 9.17) is 4.74 Å². The lowest BCUT2D eigenvalue weighted by Crippen LogP contribution is -2.21. The Balaban J connectivity index is 2.27. The minimum absolute atomic E-state index is 0.0417. The summed E-state index contributed by atoms with van der Waals surface area (Å²) in [6.07, 6.45) is 4.94. The van der Waals surface area contributed by atoms with E-state index in [1.807, 2.05) is 24.3 Å². The van der Waals surface area contributed by atoms with Crippen LogP contribution in [-0.4, -0.2) is 37.4 Å². The van der Waals surface area contributed by atoms with Gasteiger partial charge in [-0.3, -0.25) is 4.79 Å². The van der Waals surface area contributed by atoms with Crippen LogP contribution in [0.2, 0.25) is 0 Å². The minimum Gasteiger partial charge on any atom is -0.461 e. The summed E-state index contributed by atoms with van der Waals surface area (Å²) in [7, 11) is 3.55. The van der Waals surface area contributed by atoms with E-state index < -0.39 is 0 Å². The number of benzene rings is 1. The van der Waals surface area contributed by atoms with Gasteiger partial charge in [0.05, 0.1) is 6.61 Å². The predicted octanol–water partition coefficient (Wildman–Crippen LogP) is 2.75. The maximum atomic E-state index is 12.5. The topological polar surface area (TPSA) is 46.6 Å². The average molecular weight is 299 g/mol. The van der Waals surface area contributed by atoms with Crippen molar-refractivity contribution in [3.05, 3.63) is 58.8 Å². The van der Waals surface area contributed by atoms with Gasteiger partial charge in [-0.15, -0.1) is 0 Å². The molecule has 0 bridgehead atoms. The third kappa shape index (κ3) is 3.45. The number of allylic oxidation sites excluding steroid dienone is 3. The number of likely N-dealkylation sites (N-methyl/N-ethyl adjacent to an activating group) is 1. The first-order chi connectivity index (χ1) is 10.5. The molecule has 0 spiro atoms. The van der Waals surface area contributed by atoms with Crippen LogP contribution < -0.4 is 0 Å². The number of hydrogen-bond acceptors (Lipinski definition) is 4. The van der Waals surface area contributed by atoms with E-state index in [0.29, 0.717) is 18.7 Å². The third-order valence-corrected chi connectivity index (χ3v) is 3.63. The van der Waals surface area contributed by atoms with Crippen molar-refractivity contribution in [2.45, 2.75) is 19.8 Å². The molecule has 0 atom stereocenters. The van der Waals surface area contributed by atoms with Crippen LogP contribution in [0.1, 0.15) is 29.3 Å². The van der Waals surface area contributed by atoms with E-state index in [1.165, 1.54) is 0 Å². The van der Waals surface area contributed by atoms with Crippen molar-refractivity contribution in [3.63, 3.8) is 0 Å². The van der Waals surface area contributed by atoms with Crippen LogP contribution in [0, 0.1) is 0 Å². The van der Waals surface area contributed by atoms with Crippen LogP contribution in [0.15, 0.2) is 47.7 Å². The Hall–Kier alpha value is -2.36. The Labute approximate surface area is 131 Å². The number of esters is 1. The summed E-state index contributed by atoms with van der Waals surface area (Å²) < 4.78 is 5.03. The first-order valence-corrected chi connectivity index (χ1v) is 7.42. The molecule has 0 aromatic heterocycles. The zero-order valence-corrected chi connectivity index (χ0v) is 13.3. The molecule has 0 saturated heterocycles. The molecule has 0 amide bonds. The summed E-state index contributed by atoms with van der Waals surface area (Å²) in [5.41, 5.74) is 3.01. The van der Waals surface area contributed by atoms with Gasteiger partial charge in [0, 0.05) is 25.2 Å². The Morgan fingerprint density at radius 1 is 1.27 bits per heavy atom. The number of nitrogens with zero attached hydrogens (tertiary/aromatic N) is 1. The van der Waals surface area contributed by atoms with Crippen LogP contribution in [0.25, 0.3) is 0 Å². The summed E-state index contributed by atoms with van der Waals surface area (Å²) >= 11 is 0. The highest BCUT2D eigenvalue weighted by Crippen LogP contribution is 2.25. The van der Waals surface area contributed by atoms with Gasteiger partial charge in [0.15, 0.2) is 5.78 Å². The SMILES string of the molecule is CCOC(=O)/C(=C/C=C1\CCc2ccccc2C1=O)N(C)C. The second kappa shape index (κ2) is 7.07. The van der Waals surface area contributed by atoms with Gasteiger partial charge >= 0.3 is 5.97 Å². The summed E-state index contributed by atoms with van der Waals surface area (Å²) in [5.74, 6) is -0.340. The summed E-state index contributed by atoms with van der Waals surface area (Å²) in [4.78, 5) is 26.0. The number of fused-ring (bicyclic) bond motifs is 1. The van der Waals surface area contributed by atoms with Crippen molar-refractivity contribution >= 4 is 11.8 Å². The fraction of sp³-hybridized carbons (Fsp3) is 0.333. The van der Waals surface area contributed by atoms with Crippen molar-refractivity contribution < 1.29 is 14.3 Å². The van der Waals surface area contributed by atoms with E-state index in [-0.39, 0.29) is 11.8 Å². The van der Waals surface area contributed by atoms with E-state index in [2.05, 4.69) is 0 Å². The van der Waals surface area contributed by atoms with E-state index in [0.717, 1.165) is 23.1 Å². The maximum Gasteiger partial charge on any atom is 0.354 e. The molecule has 0 heterocycles. The lowest BCUT2D eigenvalue weighted by Gasteiger charge is -2.18. The molecule has 0 saturated carbocycles. The van der Waals surface area contributed by atoms with E-state index >= 15 is 0 Å². The molecule has 1 aliphatic carbocycles. The van der Waals surface area contributed by atoms with Crippen molar-refractivity contribution in [2.75, 3.05) is 20.7 Å². The number of ether oxygens (including phenoxy) is 1. The number of Topliss-reactive ketones (excluding diaryl/α,β-unsaturated/α-hetero) is 1. The zero-order valence-electron chi connectivity index (χ0n) is 13.3. The predicted molar refractivity (Wildman–Crippen MR) is 85.6 cm³/mol. The van der Waals surface area contributed by atoms with E-state index in [1.54, 1.807) is 38.1 Å². The Morgan fingerprint density at radius 2 is 2.00 bits per heavy atom. The maximum absolute atomic E-state index is 12.5. The molecule has 4 heteroatoms. The Bertz CT molecular complexity index is 641. The van der Waals surface area contributed by atoms with E-state index in [9.17, 15) is 9.59 Å². The zero-order chi connectivity index (χ0) is 16.1. The van der Waals surface area contributed by atoms with Gasteiger partial charge in [0.25, 0.3) is 0 Å². The number of hydrogen-bond donors (Lipinski definition) is 0. The molecule has 0 radical (unpaired) electrons. The summed E-state index contributed by atoms with van der Waals surface area (Å²) in [6.45, 7) is 2.10. The van der Waals surface area contributed by atoms with Crippen molar-refractivity contribution in [1.82, 2.24) is 4.90 Å². The van der Waals surface area contributed by atoms with Crippen molar-refractivity contribution in [1.29, 1.82) is 0 Å². The highest BCUT2D eigenvalue weighted by Gasteiger charge is 2.21. The van der Waals surface area contributed by atoms with Gasteiger partial charge in [-0.1, -0.05) is 30.3 Å². The molecular weight excluding hydrogens is 278 g/mol. The molecule has 116 valence electrons. The Morgan fingerprint density at radius 3 is 2.68 bits per heavy atom. The van der Waals surface area contributed by atoms with Crippen molar-refractivity contribution in [3.8, 4) is 0 Å². The molecule has 1 aromatic rings. The van der Waals surface area contributed by atoms with Crippen LogP contribution in [-0.2, 0) is 16.0 Å². The highest BCUT2D eigenvalue weighted by molar-refractivity contribution is 6.10. The number of carbonyl (C=O) groups is 2. The molecule has 4 nitrogen and oxygen atoms in total. The second-order valence-electron chi connectivity index (χ2n) is 5.34. The molecule has 2 rings (SSSR count). The third-order valence-electron chi connectivity index (χ3n) is 3.63. The number of ketones is 1. The van der Waals surface area contributed by atoms with Gasteiger partial charge in [-0.2, -0.15) is 0 Å². The fourth-order valence-electron chi connectivity index (χ4n) is 2.46. The van der Waals surface area contributed by atoms with Crippen LogP contribution in [0.4, 0.5) is 0 Å². The van der Waals surface area contributed by atoms with Gasteiger partial charge in [0.1, 0.15) is 5.70 Å². The molecule has 22 heavy (non-hydrogen) atoms.